The summed E-state index contributed by atoms with van der Waals surface area (Å²) in [5.41, 5.74) is 6.45. The maximum Gasteiger partial charge on any atom is 0.422 e. The number of halogens is 3. The van der Waals surface area contributed by atoms with Crippen LogP contribution in [0, 0.1) is 0 Å². The molecule has 3 N–H and O–H groups in total. The van der Waals surface area contributed by atoms with Gasteiger partial charge in [0.25, 0.3) is 0 Å². The highest BCUT2D eigenvalue weighted by atomic mass is 19.4. The monoisotopic (exact) mass is 451 g/mol. The molecule has 0 unspecified atom stereocenters. The normalized spacial score (nSPS) is 11.1. The van der Waals surface area contributed by atoms with Gasteiger partial charge < -0.3 is 25.3 Å². The molecule has 2 heterocycles. The van der Waals surface area contributed by atoms with E-state index >= 15 is 0 Å². The van der Waals surface area contributed by atoms with Crippen molar-refractivity contribution in [1.82, 2.24) is 20.1 Å². The first-order valence-electron chi connectivity index (χ1n) is 9.32. The first-order chi connectivity index (χ1) is 15.3. The number of ether oxygens (including phenoxy) is 3. The van der Waals surface area contributed by atoms with Crippen molar-refractivity contribution in [3.8, 4) is 34.5 Å². The number of primary amides is 1. The first-order valence-corrected chi connectivity index (χ1v) is 9.32. The van der Waals surface area contributed by atoms with Gasteiger partial charge in [-0.2, -0.15) is 13.2 Å². The summed E-state index contributed by atoms with van der Waals surface area (Å²) in [4.78, 5) is 14.9. The van der Waals surface area contributed by atoms with Gasteiger partial charge in [-0.15, -0.1) is 5.10 Å². The number of methoxy groups -OCH3 is 1. The van der Waals surface area contributed by atoms with Gasteiger partial charge in [-0.05, 0) is 18.2 Å². The molecular weight excluding hydrogens is 431 g/mol. The van der Waals surface area contributed by atoms with Gasteiger partial charge in [-0.3, -0.25) is 0 Å². The summed E-state index contributed by atoms with van der Waals surface area (Å²) in [5, 5.41) is 6.57. The predicted molar refractivity (Wildman–Crippen MR) is 108 cm³/mol. The highest BCUT2D eigenvalue weighted by molar-refractivity contribution is 5.71. The maximum absolute atomic E-state index is 12.6. The summed E-state index contributed by atoms with van der Waals surface area (Å²) in [6.07, 6.45) is -3.05. The minimum atomic E-state index is -4.51. The minimum absolute atomic E-state index is 0.121. The van der Waals surface area contributed by atoms with E-state index in [1.54, 1.807) is 36.4 Å². The maximum atomic E-state index is 12.6. The molecule has 0 atom stereocenters. The minimum Gasteiger partial charge on any atom is -0.491 e. The van der Waals surface area contributed by atoms with E-state index in [4.69, 9.17) is 19.9 Å². The number of hydrogen-bond donors (Lipinski definition) is 2. The van der Waals surface area contributed by atoms with E-state index in [1.165, 1.54) is 24.1 Å². The molecule has 0 bridgehead atoms. The van der Waals surface area contributed by atoms with Crippen LogP contribution in [0.25, 0.3) is 16.9 Å². The summed E-state index contributed by atoms with van der Waals surface area (Å²) in [6.45, 7) is -1.19. The second-order valence-corrected chi connectivity index (χ2v) is 6.38. The number of para-hydroxylation sites is 1. The fraction of sp³-hybridized carbons (Fsp3) is 0.250. The van der Waals surface area contributed by atoms with Gasteiger partial charge in [-0.1, -0.05) is 12.1 Å². The topological polar surface area (TPSA) is 114 Å². The summed E-state index contributed by atoms with van der Waals surface area (Å²) in [7, 11) is 1.46. The third-order valence-corrected chi connectivity index (χ3v) is 4.07. The van der Waals surface area contributed by atoms with Crippen LogP contribution >= 0.6 is 0 Å². The first kappa shape index (κ1) is 22.7. The average Bonchev–Trinajstić information content (AvgIpc) is 3.19. The standard InChI is InChI=1S/C20H20F3N5O4/c1-30-17-7-6-13(11-26-17)28-15(10-18(27-28)32-12-20(21,22)23)14-4-2-3-5-16(14)31-9-8-25-19(24)29/h2-7,10-11H,8-9,12H2,1H3,(H3,24,25,29). The SMILES string of the molecule is COc1ccc(-n2nc(OCC(F)(F)F)cc2-c2ccccc2OCCNC(N)=O)cn1. The van der Waals surface area contributed by atoms with E-state index in [0.29, 0.717) is 28.6 Å². The predicted octanol–water partition coefficient (Wildman–Crippen LogP) is 2.93. The zero-order valence-corrected chi connectivity index (χ0v) is 16.9. The third-order valence-electron chi connectivity index (χ3n) is 4.07. The number of rotatable bonds is 9. The van der Waals surface area contributed by atoms with Crippen LogP contribution in [-0.2, 0) is 0 Å². The lowest BCUT2D eigenvalue weighted by molar-refractivity contribution is -0.154. The van der Waals surface area contributed by atoms with Crippen molar-refractivity contribution in [3.63, 3.8) is 0 Å². The van der Waals surface area contributed by atoms with Crippen molar-refractivity contribution in [1.29, 1.82) is 0 Å². The molecule has 9 nitrogen and oxygen atoms in total. The molecule has 0 fully saturated rings. The van der Waals surface area contributed by atoms with Crippen LogP contribution in [0.4, 0.5) is 18.0 Å². The van der Waals surface area contributed by atoms with Crippen molar-refractivity contribution < 1.29 is 32.2 Å². The summed E-state index contributed by atoms with van der Waals surface area (Å²) in [6, 6.07) is 10.8. The largest absolute Gasteiger partial charge is 0.491 e. The van der Waals surface area contributed by atoms with Crippen LogP contribution in [0.2, 0.25) is 0 Å². The molecule has 32 heavy (non-hydrogen) atoms. The molecule has 170 valence electrons. The van der Waals surface area contributed by atoms with Gasteiger partial charge in [-0.25, -0.2) is 14.5 Å². The molecule has 2 aromatic heterocycles. The molecule has 0 saturated carbocycles. The average molecular weight is 451 g/mol. The molecule has 0 aliphatic heterocycles. The van der Waals surface area contributed by atoms with Crippen LogP contribution in [0.15, 0.2) is 48.7 Å². The van der Waals surface area contributed by atoms with E-state index in [-0.39, 0.29) is 19.0 Å². The second kappa shape index (κ2) is 9.90. The lowest BCUT2D eigenvalue weighted by Crippen LogP contribution is -2.32. The Morgan fingerprint density at radius 1 is 1.16 bits per heavy atom. The Morgan fingerprint density at radius 3 is 2.59 bits per heavy atom. The fourth-order valence-corrected chi connectivity index (χ4v) is 2.73. The molecule has 0 radical (unpaired) electrons. The van der Waals surface area contributed by atoms with E-state index in [0.717, 1.165) is 0 Å². The van der Waals surface area contributed by atoms with Gasteiger partial charge in [0, 0.05) is 17.7 Å². The van der Waals surface area contributed by atoms with Crippen LogP contribution in [0.3, 0.4) is 0 Å². The quantitative estimate of drug-likeness (QED) is 0.484. The van der Waals surface area contributed by atoms with E-state index in [2.05, 4.69) is 15.4 Å². The van der Waals surface area contributed by atoms with Crippen molar-refractivity contribution >= 4 is 6.03 Å². The highest BCUT2D eigenvalue weighted by Gasteiger charge is 2.29. The van der Waals surface area contributed by atoms with Gasteiger partial charge in [0.1, 0.15) is 12.4 Å². The number of carbonyl (C=O) groups is 1. The molecule has 3 rings (SSSR count). The lowest BCUT2D eigenvalue weighted by atomic mass is 10.1. The molecule has 0 aliphatic rings. The highest BCUT2D eigenvalue weighted by Crippen LogP contribution is 2.34. The van der Waals surface area contributed by atoms with Crippen molar-refractivity contribution in [2.75, 3.05) is 26.9 Å². The molecule has 2 amide bonds. The Hall–Kier alpha value is -3.96. The number of urea groups is 1. The summed E-state index contributed by atoms with van der Waals surface area (Å²) >= 11 is 0. The summed E-state index contributed by atoms with van der Waals surface area (Å²) in [5.74, 6) is 0.559. The number of hydrogen-bond acceptors (Lipinski definition) is 6. The number of carbonyl (C=O) groups excluding carboxylic acids is 1. The number of nitrogens with two attached hydrogens (primary N) is 1. The van der Waals surface area contributed by atoms with Gasteiger partial charge in [0.05, 0.1) is 31.2 Å². The molecule has 0 saturated heterocycles. The smallest absolute Gasteiger partial charge is 0.422 e. The van der Waals surface area contributed by atoms with E-state index in [9.17, 15) is 18.0 Å². The number of nitrogens with one attached hydrogen (secondary N) is 1. The van der Waals surface area contributed by atoms with E-state index in [1.807, 2.05) is 0 Å². The van der Waals surface area contributed by atoms with Gasteiger partial charge in [0.15, 0.2) is 6.61 Å². The molecule has 12 heteroatoms. The van der Waals surface area contributed by atoms with Crippen LogP contribution in [0.5, 0.6) is 17.5 Å². The molecule has 3 aromatic rings. The van der Waals surface area contributed by atoms with Gasteiger partial charge in [0.2, 0.25) is 11.8 Å². The number of nitrogens with zero attached hydrogens (tertiary/aromatic N) is 3. The van der Waals surface area contributed by atoms with Gasteiger partial charge >= 0.3 is 12.2 Å². The fourth-order valence-electron chi connectivity index (χ4n) is 2.73. The van der Waals surface area contributed by atoms with Crippen LogP contribution in [-0.4, -0.2) is 53.8 Å². The second-order valence-electron chi connectivity index (χ2n) is 6.38. The van der Waals surface area contributed by atoms with Crippen molar-refractivity contribution in [2.24, 2.45) is 5.73 Å². The molecule has 0 aliphatic carbocycles. The Bertz CT molecular complexity index is 1050. The Balaban J connectivity index is 1.96. The van der Waals surface area contributed by atoms with Crippen molar-refractivity contribution in [3.05, 3.63) is 48.7 Å². The van der Waals surface area contributed by atoms with Crippen molar-refractivity contribution in [2.45, 2.75) is 6.18 Å². The third kappa shape index (κ3) is 6.03. The Morgan fingerprint density at radius 2 is 1.94 bits per heavy atom. The summed E-state index contributed by atoms with van der Waals surface area (Å²) < 4.78 is 54.9. The number of alkyl halides is 3. The Labute approximate surface area is 180 Å². The van der Waals surface area contributed by atoms with Crippen LogP contribution in [0.1, 0.15) is 0 Å². The number of amides is 2. The molecule has 1 aromatic carbocycles. The van der Waals surface area contributed by atoms with Crippen LogP contribution < -0.4 is 25.3 Å². The zero-order chi connectivity index (χ0) is 23.1. The lowest BCUT2D eigenvalue weighted by Gasteiger charge is -2.13. The molecular formula is C20H20F3N5O4. The number of aromatic nitrogens is 3. The number of benzene rings is 1. The number of pyridine rings is 1. The Kier molecular flexibility index (Phi) is 7.03. The zero-order valence-electron chi connectivity index (χ0n) is 16.9. The molecule has 0 spiro atoms. The van der Waals surface area contributed by atoms with E-state index < -0.39 is 18.8 Å².